The van der Waals surface area contributed by atoms with Crippen LogP contribution in [-0.2, 0) is 19.7 Å². The summed E-state index contributed by atoms with van der Waals surface area (Å²) >= 11 is 1.61. The molecule has 1 atom stereocenters. The van der Waals surface area contributed by atoms with Gasteiger partial charge < -0.3 is 14.8 Å². The predicted octanol–water partition coefficient (Wildman–Crippen LogP) is 2.77. The number of rotatable bonds is 8. The molecule has 0 heterocycles. The van der Waals surface area contributed by atoms with Crippen molar-refractivity contribution in [3.05, 3.63) is 29.8 Å². The maximum Gasteiger partial charge on any atom is 0.328 e. The number of carbonyl (C=O) groups is 2. The first-order valence-electron chi connectivity index (χ1n) is 7.87. The number of esters is 1. The van der Waals surface area contributed by atoms with Crippen molar-refractivity contribution in [3.8, 4) is 5.75 Å². The standard InChI is InChI=1S/C18H27NO4S/c1-18(2,3)13-6-8-14(9-7-13)23-12-16(20)19-15(10-11-24-5)17(21)22-4/h6-9,15H,10-12H2,1-5H3,(H,19,20)/t15-/m0/s1. The highest BCUT2D eigenvalue weighted by molar-refractivity contribution is 7.98. The summed E-state index contributed by atoms with van der Waals surface area (Å²) in [5.74, 6) is 0.602. The lowest BCUT2D eigenvalue weighted by atomic mass is 9.87. The van der Waals surface area contributed by atoms with Gasteiger partial charge in [-0.2, -0.15) is 11.8 Å². The lowest BCUT2D eigenvalue weighted by Gasteiger charge is -2.19. The topological polar surface area (TPSA) is 64.6 Å². The van der Waals surface area contributed by atoms with Crippen LogP contribution in [0.5, 0.6) is 5.75 Å². The molecule has 0 fully saturated rings. The number of ether oxygens (including phenoxy) is 2. The van der Waals surface area contributed by atoms with E-state index in [1.165, 1.54) is 12.7 Å². The molecule has 24 heavy (non-hydrogen) atoms. The minimum Gasteiger partial charge on any atom is -0.484 e. The maximum absolute atomic E-state index is 12.0. The first kappa shape index (κ1) is 20.4. The van der Waals surface area contributed by atoms with Crippen LogP contribution in [-0.4, -0.2) is 43.6 Å². The monoisotopic (exact) mass is 353 g/mol. The highest BCUT2D eigenvalue weighted by Crippen LogP contribution is 2.24. The Labute approximate surface area is 148 Å². The van der Waals surface area contributed by atoms with Gasteiger partial charge in [0.1, 0.15) is 11.8 Å². The van der Waals surface area contributed by atoms with Crippen molar-refractivity contribution in [2.75, 3.05) is 25.7 Å². The van der Waals surface area contributed by atoms with E-state index < -0.39 is 12.0 Å². The van der Waals surface area contributed by atoms with Crippen LogP contribution < -0.4 is 10.1 Å². The first-order valence-corrected chi connectivity index (χ1v) is 9.26. The van der Waals surface area contributed by atoms with Gasteiger partial charge in [0.2, 0.25) is 0 Å². The molecule has 0 spiro atoms. The Kier molecular flexibility index (Phi) is 8.11. The summed E-state index contributed by atoms with van der Waals surface area (Å²) in [7, 11) is 1.31. The van der Waals surface area contributed by atoms with Gasteiger partial charge in [0, 0.05) is 0 Å². The number of carbonyl (C=O) groups excluding carboxylic acids is 2. The van der Waals surface area contributed by atoms with Gasteiger partial charge in [-0.1, -0.05) is 32.9 Å². The Morgan fingerprint density at radius 2 is 1.83 bits per heavy atom. The zero-order valence-electron chi connectivity index (χ0n) is 15.0. The number of hydrogen-bond acceptors (Lipinski definition) is 5. The Morgan fingerprint density at radius 1 is 1.21 bits per heavy atom. The van der Waals surface area contributed by atoms with Crippen LogP contribution in [0.15, 0.2) is 24.3 Å². The Hall–Kier alpha value is -1.69. The van der Waals surface area contributed by atoms with Crippen molar-refractivity contribution < 1.29 is 19.1 Å². The van der Waals surface area contributed by atoms with E-state index in [-0.39, 0.29) is 17.9 Å². The highest BCUT2D eigenvalue weighted by atomic mass is 32.2. The summed E-state index contributed by atoms with van der Waals surface area (Å²) in [6, 6.07) is 7.03. The van der Waals surface area contributed by atoms with E-state index in [0.717, 1.165) is 5.75 Å². The molecule has 1 amide bonds. The van der Waals surface area contributed by atoms with Gasteiger partial charge in [-0.25, -0.2) is 4.79 Å². The summed E-state index contributed by atoms with van der Waals surface area (Å²) in [4.78, 5) is 23.7. The maximum atomic E-state index is 12.0. The zero-order valence-corrected chi connectivity index (χ0v) is 15.9. The van der Waals surface area contributed by atoms with Gasteiger partial charge >= 0.3 is 5.97 Å². The molecule has 0 aliphatic rings. The molecule has 1 aromatic carbocycles. The second-order valence-electron chi connectivity index (χ2n) is 6.49. The summed E-state index contributed by atoms with van der Waals surface area (Å²) < 4.78 is 10.2. The molecule has 0 saturated carbocycles. The molecule has 1 aromatic rings. The normalized spacial score (nSPS) is 12.4. The van der Waals surface area contributed by atoms with Gasteiger partial charge in [-0.05, 0) is 41.5 Å². The molecule has 1 N–H and O–H groups in total. The first-order chi connectivity index (χ1) is 11.3. The SMILES string of the molecule is COC(=O)[C@H](CCSC)NC(=O)COc1ccc(C(C)(C)C)cc1. The van der Waals surface area contributed by atoms with Gasteiger partial charge in [0.05, 0.1) is 7.11 Å². The highest BCUT2D eigenvalue weighted by Gasteiger charge is 2.21. The number of methoxy groups -OCH3 is 1. The molecule has 6 heteroatoms. The predicted molar refractivity (Wildman–Crippen MR) is 97.6 cm³/mol. The molecule has 0 radical (unpaired) electrons. The summed E-state index contributed by atoms with van der Waals surface area (Å²) in [5.41, 5.74) is 1.27. The van der Waals surface area contributed by atoms with Crippen molar-refractivity contribution >= 4 is 23.6 Å². The van der Waals surface area contributed by atoms with Crippen LogP contribution in [0, 0.1) is 0 Å². The third-order valence-corrected chi connectivity index (χ3v) is 4.17. The number of nitrogens with one attached hydrogen (secondary N) is 1. The van der Waals surface area contributed by atoms with Crippen LogP contribution in [0.2, 0.25) is 0 Å². The molecule has 0 bridgehead atoms. The molecule has 134 valence electrons. The van der Waals surface area contributed by atoms with Gasteiger partial charge in [-0.15, -0.1) is 0 Å². The Balaban J connectivity index is 2.53. The van der Waals surface area contributed by atoms with E-state index in [1.54, 1.807) is 11.8 Å². The zero-order chi connectivity index (χ0) is 18.2. The lowest BCUT2D eigenvalue weighted by molar-refractivity contribution is -0.145. The van der Waals surface area contributed by atoms with Gasteiger partial charge in [-0.3, -0.25) is 4.79 Å². The van der Waals surface area contributed by atoms with Crippen molar-refractivity contribution in [1.29, 1.82) is 0 Å². The Morgan fingerprint density at radius 3 is 2.33 bits per heavy atom. The van der Waals surface area contributed by atoms with E-state index in [2.05, 4.69) is 26.1 Å². The van der Waals surface area contributed by atoms with Gasteiger partial charge in [0.15, 0.2) is 6.61 Å². The minimum absolute atomic E-state index is 0.0704. The molecule has 5 nitrogen and oxygen atoms in total. The summed E-state index contributed by atoms with van der Waals surface area (Å²) in [6.45, 7) is 6.27. The van der Waals surface area contributed by atoms with Crippen LogP contribution in [0.4, 0.5) is 0 Å². The van der Waals surface area contributed by atoms with E-state index >= 15 is 0 Å². The average molecular weight is 353 g/mol. The van der Waals surface area contributed by atoms with Crippen LogP contribution in [0.1, 0.15) is 32.8 Å². The number of amides is 1. The fourth-order valence-corrected chi connectivity index (χ4v) is 2.53. The minimum atomic E-state index is -0.637. The largest absolute Gasteiger partial charge is 0.484 e. The molecule has 0 aliphatic heterocycles. The second-order valence-corrected chi connectivity index (χ2v) is 7.47. The molecule has 0 aromatic heterocycles. The average Bonchev–Trinajstić information content (AvgIpc) is 2.55. The number of thioether (sulfide) groups is 1. The molecular formula is C18H27NO4S. The van der Waals surface area contributed by atoms with Crippen LogP contribution in [0.25, 0.3) is 0 Å². The lowest BCUT2D eigenvalue weighted by Crippen LogP contribution is -2.43. The van der Waals surface area contributed by atoms with Crippen molar-refractivity contribution in [2.45, 2.75) is 38.6 Å². The molecule has 0 aliphatic carbocycles. The third-order valence-electron chi connectivity index (χ3n) is 3.52. The molecule has 0 saturated heterocycles. The number of hydrogen-bond donors (Lipinski definition) is 1. The van der Waals surface area contributed by atoms with Crippen molar-refractivity contribution in [3.63, 3.8) is 0 Å². The van der Waals surface area contributed by atoms with Gasteiger partial charge in [0.25, 0.3) is 5.91 Å². The fraction of sp³-hybridized carbons (Fsp3) is 0.556. The number of benzene rings is 1. The quantitative estimate of drug-likeness (QED) is 0.728. The molecular weight excluding hydrogens is 326 g/mol. The van der Waals surface area contributed by atoms with E-state index in [4.69, 9.17) is 9.47 Å². The Bertz CT molecular complexity index is 537. The fourth-order valence-electron chi connectivity index (χ4n) is 2.06. The summed E-state index contributed by atoms with van der Waals surface area (Å²) in [6.07, 6.45) is 2.47. The third kappa shape index (κ3) is 6.83. The van der Waals surface area contributed by atoms with E-state index in [1.807, 2.05) is 30.5 Å². The van der Waals surface area contributed by atoms with Crippen molar-refractivity contribution in [1.82, 2.24) is 5.32 Å². The summed E-state index contributed by atoms with van der Waals surface area (Å²) in [5, 5.41) is 2.66. The van der Waals surface area contributed by atoms with Crippen molar-refractivity contribution in [2.24, 2.45) is 0 Å². The van der Waals surface area contributed by atoms with Crippen LogP contribution >= 0.6 is 11.8 Å². The smallest absolute Gasteiger partial charge is 0.328 e. The molecule has 1 rings (SSSR count). The van der Waals surface area contributed by atoms with Crippen LogP contribution in [0.3, 0.4) is 0 Å². The van der Waals surface area contributed by atoms with E-state index in [0.29, 0.717) is 12.2 Å². The van der Waals surface area contributed by atoms with E-state index in [9.17, 15) is 9.59 Å². The molecule has 0 unspecified atom stereocenters. The second kappa shape index (κ2) is 9.57.